The summed E-state index contributed by atoms with van der Waals surface area (Å²) in [6.07, 6.45) is 0. The molecule has 10 N–H and O–H groups in total. The number of nitrogens with one attached hydrogen (secondary N) is 5. The van der Waals surface area contributed by atoms with Gasteiger partial charge in [0.2, 0.25) is 23.6 Å². The molecular weight excluding hydrogens is 444 g/mol. The highest BCUT2D eigenvalue weighted by Gasteiger charge is 2.29. The average molecular weight is 476 g/mol. The largest absolute Gasteiger partial charge is 0.548 e. The van der Waals surface area contributed by atoms with Gasteiger partial charge in [0, 0.05) is 0 Å². The Balaban J connectivity index is 4.91. The number of carboxylic acid groups (broad SMARTS) is 1. The van der Waals surface area contributed by atoms with E-state index in [-0.39, 0.29) is 0 Å². The smallest absolute Gasteiger partial charge is 0.278 e. The lowest BCUT2D eigenvalue weighted by Gasteiger charge is -2.24. The van der Waals surface area contributed by atoms with Crippen molar-refractivity contribution in [3.8, 4) is 0 Å². The van der Waals surface area contributed by atoms with Crippen molar-refractivity contribution < 1.29 is 49.8 Å². The Labute approximate surface area is 189 Å². The molecule has 0 heterocycles. The standard InChI is InChI=1S/C18H32N6O9/c1-7(19)13(27)20-8(2)14(28)23-11(5-25)16(30)21-9(3)15(29)24-12(6-26)17(31)22-10(4)18(32)33/h7-12,25-26H,5-6,19H2,1-4H3,(H,20,27)(H,21,30)(H,22,31)(H,23,28)(H,24,29)(H,32,33)/t7-,8-,9-,10-,11-,12-/m0/s1. The quantitative estimate of drug-likeness (QED) is 0.125. The maximum absolute atomic E-state index is 12.3. The van der Waals surface area contributed by atoms with Crippen LogP contribution in [0.25, 0.3) is 0 Å². The number of aliphatic hydroxyl groups is 2. The van der Waals surface area contributed by atoms with E-state index in [0.29, 0.717) is 0 Å². The van der Waals surface area contributed by atoms with Crippen molar-refractivity contribution in [2.75, 3.05) is 13.2 Å². The first-order valence-corrected chi connectivity index (χ1v) is 10.0. The van der Waals surface area contributed by atoms with Crippen molar-refractivity contribution in [3.05, 3.63) is 0 Å². The molecule has 15 heteroatoms. The van der Waals surface area contributed by atoms with Gasteiger partial charge in [-0.15, -0.1) is 0 Å². The van der Waals surface area contributed by atoms with Crippen molar-refractivity contribution in [3.63, 3.8) is 0 Å². The van der Waals surface area contributed by atoms with Gasteiger partial charge in [0.05, 0.1) is 25.2 Å². The Hall–Kier alpha value is -3.30. The summed E-state index contributed by atoms with van der Waals surface area (Å²) in [5.74, 6) is -5.67. The Kier molecular flexibility index (Phi) is 12.6. The van der Waals surface area contributed by atoms with Crippen molar-refractivity contribution >= 4 is 35.5 Å². The summed E-state index contributed by atoms with van der Waals surface area (Å²) in [5, 5.41) is 40.4. The molecule has 0 radical (unpaired) electrons. The maximum atomic E-state index is 12.3. The lowest BCUT2D eigenvalue weighted by atomic mass is 10.2. The Morgan fingerprint density at radius 3 is 1.27 bits per heavy atom. The molecule has 15 nitrogen and oxygen atoms in total. The van der Waals surface area contributed by atoms with Crippen LogP contribution in [0.15, 0.2) is 0 Å². The van der Waals surface area contributed by atoms with Crippen LogP contribution >= 0.6 is 0 Å². The van der Waals surface area contributed by atoms with E-state index in [1.807, 2.05) is 5.32 Å². The van der Waals surface area contributed by atoms with Gasteiger partial charge in [0.25, 0.3) is 5.91 Å². The number of rotatable bonds is 13. The summed E-state index contributed by atoms with van der Waals surface area (Å²) < 4.78 is 0. The van der Waals surface area contributed by atoms with Gasteiger partial charge < -0.3 is 52.4 Å². The zero-order valence-corrected chi connectivity index (χ0v) is 18.8. The first kappa shape index (κ1) is 29.7. The van der Waals surface area contributed by atoms with Crippen LogP contribution < -0.4 is 37.4 Å². The number of amides is 5. The second-order valence-electron chi connectivity index (χ2n) is 7.40. The first-order valence-electron chi connectivity index (χ1n) is 10.0. The molecule has 0 spiro atoms. The average Bonchev–Trinajstić information content (AvgIpc) is 2.74. The number of hydrogen-bond acceptors (Lipinski definition) is 9. The Morgan fingerprint density at radius 2 is 0.970 bits per heavy atom. The van der Waals surface area contributed by atoms with Crippen molar-refractivity contribution in [1.82, 2.24) is 26.6 Å². The monoisotopic (exact) mass is 476 g/mol. The molecule has 33 heavy (non-hydrogen) atoms. The predicted molar refractivity (Wildman–Crippen MR) is 108 cm³/mol. The molecule has 0 aromatic carbocycles. The highest BCUT2D eigenvalue weighted by Crippen LogP contribution is 1.94. The number of hydrogen-bond donors (Lipinski definition) is 8. The fraction of sp³-hybridized carbons (Fsp3) is 0.667. The van der Waals surface area contributed by atoms with Gasteiger partial charge in [0.15, 0.2) is 6.04 Å². The van der Waals surface area contributed by atoms with Crippen LogP contribution in [0.2, 0.25) is 0 Å². The normalized spacial score (nSPS) is 16.1. The van der Waals surface area contributed by atoms with Crippen molar-refractivity contribution in [1.29, 1.82) is 0 Å². The molecule has 0 saturated carbocycles. The van der Waals surface area contributed by atoms with E-state index in [1.165, 1.54) is 20.8 Å². The van der Waals surface area contributed by atoms with Gasteiger partial charge in [-0.3, -0.25) is 24.0 Å². The zero-order chi connectivity index (χ0) is 25.9. The van der Waals surface area contributed by atoms with Gasteiger partial charge in [-0.2, -0.15) is 0 Å². The molecule has 0 bridgehead atoms. The van der Waals surface area contributed by atoms with E-state index in [9.17, 15) is 44.1 Å². The molecule has 0 aromatic rings. The lowest BCUT2D eigenvalue weighted by molar-refractivity contribution is -0.398. The van der Waals surface area contributed by atoms with E-state index >= 15 is 0 Å². The topological polar surface area (TPSA) is 254 Å². The van der Waals surface area contributed by atoms with Crippen LogP contribution in [0.3, 0.4) is 0 Å². The summed E-state index contributed by atoms with van der Waals surface area (Å²) in [7, 11) is 0. The zero-order valence-electron chi connectivity index (χ0n) is 18.8. The van der Waals surface area contributed by atoms with Crippen LogP contribution in [-0.4, -0.2) is 95.2 Å². The fourth-order valence-corrected chi connectivity index (χ4v) is 2.16. The molecule has 0 aliphatic rings. The van der Waals surface area contributed by atoms with Crippen molar-refractivity contribution in [2.24, 2.45) is 0 Å². The van der Waals surface area contributed by atoms with Gasteiger partial charge in [-0.25, -0.2) is 0 Å². The number of aliphatic carboxylic acids is 1. The molecule has 0 fully saturated rings. The van der Waals surface area contributed by atoms with Gasteiger partial charge in [-0.1, -0.05) is 0 Å². The molecular formula is C18H32N6O9. The molecule has 6 atom stereocenters. The summed E-state index contributed by atoms with van der Waals surface area (Å²) in [5.41, 5.74) is 3.51. The minimum Gasteiger partial charge on any atom is -0.548 e. The number of aliphatic hydroxyl groups excluding tert-OH is 2. The third-order valence-corrected chi connectivity index (χ3v) is 4.30. The van der Waals surface area contributed by atoms with E-state index in [2.05, 4.69) is 27.0 Å². The molecule has 0 aliphatic heterocycles. The minimum atomic E-state index is -1.57. The third-order valence-electron chi connectivity index (χ3n) is 4.30. The molecule has 0 aromatic heterocycles. The van der Waals surface area contributed by atoms with Crippen LogP contribution in [0.5, 0.6) is 0 Å². The lowest BCUT2D eigenvalue weighted by Crippen LogP contribution is -2.67. The molecule has 0 aliphatic carbocycles. The van der Waals surface area contributed by atoms with Gasteiger partial charge in [-0.05, 0) is 27.7 Å². The molecule has 0 rings (SSSR count). The number of carbonyl (C=O) groups is 6. The van der Waals surface area contributed by atoms with E-state index in [0.717, 1.165) is 6.92 Å². The SMILES string of the molecule is C[C@H]([NH3+])C(=O)N[C@@H](C)C(=O)N[C@@H](CO)C(=O)N[C@@H](C)C(=O)N[C@@H](CO)C(=O)N[C@@H](C)C(=O)[O-]. The van der Waals surface area contributed by atoms with Crippen LogP contribution in [0, 0.1) is 0 Å². The Morgan fingerprint density at radius 1 is 0.636 bits per heavy atom. The van der Waals surface area contributed by atoms with Crippen LogP contribution in [-0.2, 0) is 28.8 Å². The minimum absolute atomic E-state index is 0.496. The number of quaternary nitrogens is 1. The van der Waals surface area contributed by atoms with Gasteiger partial charge in [0.1, 0.15) is 24.2 Å². The second-order valence-corrected chi connectivity index (χ2v) is 7.40. The predicted octanol–water partition coefficient (Wildman–Crippen LogP) is -7.17. The second kappa shape index (κ2) is 14.0. The summed E-state index contributed by atoms with van der Waals surface area (Å²) in [6, 6.07) is -7.26. The molecule has 0 saturated heterocycles. The highest BCUT2D eigenvalue weighted by molar-refractivity contribution is 5.95. The molecule has 188 valence electrons. The molecule has 5 amide bonds. The third kappa shape index (κ3) is 10.2. The number of carbonyl (C=O) groups excluding carboxylic acids is 6. The first-order chi connectivity index (χ1) is 15.2. The van der Waals surface area contributed by atoms with Crippen LogP contribution in [0.1, 0.15) is 27.7 Å². The van der Waals surface area contributed by atoms with E-state index in [1.54, 1.807) is 0 Å². The van der Waals surface area contributed by atoms with Crippen LogP contribution in [0.4, 0.5) is 0 Å². The highest BCUT2D eigenvalue weighted by atomic mass is 16.4. The molecule has 0 unspecified atom stereocenters. The van der Waals surface area contributed by atoms with E-state index in [4.69, 9.17) is 0 Å². The Bertz CT molecular complexity index is 745. The summed E-state index contributed by atoms with van der Waals surface area (Å²) >= 11 is 0. The summed E-state index contributed by atoms with van der Waals surface area (Å²) in [4.78, 5) is 71.0. The summed E-state index contributed by atoms with van der Waals surface area (Å²) in [6.45, 7) is 3.56. The van der Waals surface area contributed by atoms with E-state index < -0.39 is 85.0 Å². The van der Waals surface area contributed by atoms with Gasteiger partial charge >= 0.3 is 0 Å². The van der Waals surface area contributed by atoms with Crippen molar-refractivity contribution in [2.45, 2.75) is 63.9 Å². The fourth-order valence-electron chi connectivity index (χ4n) is 2.16. The maximum Gasteiger partial charge on any atom is 0.278 e. The number of carboxylic acids is 1.